The fraction of sp³-hybridized carbons (Fsp3) is 0.174. The van der Waals surface area contributed by atoms with Gasteiger partial charge in [0.2, 0.25) is 0 Å². The van der Waals surface area contributed by atoms with Crippen LogP contribution < -0.4 is 5.43 Å². The number of phenolic OH excluding ortho intramolecular Hbond substituents is 1. The lowest BCUT2D eigenvalue weighted by Crippen LogP contribution is -2.15. The van der Waals surface area contributed by atoms with Gasteiger partial charge in [0.25, 0.3) is 0 Å². The number of fused-ring (bicyclic) bond motifs is 1. The van der Waals surface area contributed by atoms with Crippen LogP contribution in [-0.4, -0.2) is 18.2 Å². The monoisotopic (exact) mass is 370 g/mol. The molecule has 0 saturated carbocycles. The van der Waals surface area contributed by atoms with E-state index in [1.54, 1.807) is 12.1 Å². The third-order valence-electron chi connectivity index (χ3n) is 4.67. The average Bonchev–Trinajstić information content (AvgIpc) is 2.70. The lowest BCUT2D eigenvalue weighted by Gasteiger charge is -2.19. The second-order valence-electron chi connectivity index (χ2n) is 7.16. The van der Waals surface area contributed by atoms with Gasteiger partial charge >= 0.3 is 0 Å². The van der Waals surface area contributed by atoms with Gasteiger partial charge in [-0.2, -0.15) is 10.4 Å². The van der Waals surface area contributed by atoms with E-state index >= 15 is 0 Å². The maximum absolute atomic E-state index is 9.67. The zero-order valence-electron chi connectivity index (χ0n) is 16.0. The number of hydrogen-bond acceptors (Lipinski definition) is 4. The van der Waals surface area contributed by atoms with E-state index in [4.69, 9.17) is 0 Å². The summed E-state index contributed by atoms with van der Waals surface area (Å²) in [6, 6.07) is 20.0. The van der Waals surface area contributed by atoms with Crippen LogP contribution in [0, 0.1) is 11.3 Å². The Bertz CT molecular complexity index is 1090. The summed E-state index contributed by atoms with van der Waals surface area (Å²) in [6.45, 7) is 7.68. The van der Waals surface area contributed by atoms with Crippen LogP contribution in [0.15, 0.2) is 64.7 Å². The van der Waals surface area contributed by atoms with Crippen molar-refractivity contribution in [3.63, 3.8) is 0 Å². The first-order valence-corrected chi connectivity index (χ1v) is 8.92. The van der Waals surface area contributed by atoms with Gasteiger partial charge in [-0.1, -0.05) is 24.3 Å². The molecule has 0 bridgehead atoms. The Balaban J connectivity index is 2.07. The molecule has 0 unspecified atom stereocenters. The zero-order chi connectivity index (χ0) is 20.1. The number of hydrazone groups is 1. The van der Waals surface area contributed by atoms with Crippen molar-refractivity contribution in [2.75, 3.05) is 0 Å². The topological polar surface area (TPSA) is 80.8 Å². The largest absolute Gasteiger partial charge is 0.508 e. The molecular formula is C23H22N4O. The maximum atomic E-state index is 9.67. The molecule has 0 radical (unpaired) electrons. The minimum absolute atomic E-state index is 0.251. The Kier molecular flexibility index (Phi) is 5.42. The van der Waals surface area contributed by atoms with E-state index in [9.17, 15) is 10.4 Å². The Morgan fingerprint density at radius 2 is 1.82 bits per heavy atom. The van der Waals surface area contributed by atoms with Crippen molar-refractivity contribution < 1.29 is 5.11 Å². The fourth-order valence-corrected chi connectivity index (χ4v) is 3.02. The van der Waals surface area contributed by atoms with E-state index in [-0.39, 0.29) is 5.75 Å². The summed E-state index contributed by atoms with van der Waals surface area (Å²) in [5.41, 5.74) is 6.36. The third kappa shape index (κ3) is 4.18. The van der Waals surface area contributed by atoms with Gasteiger partial charge < -0.3 is 10.5 Å². The van der Waals surface area contributed by atoms with Crippen LogP contribution >= 0.6 is 0 Å². The summed E-state index contributed by atoms with van der Waals surface area (Å²) in [5.74, 6) is 0.251. The van der Waals surface area contributed by atoms with E-state index in [1.165, 1.54) is 6.34 Å². The number of nitrogens with one attached hydrogen (secondary N) is 1. The lowest BCUT2D eigenvalue weighted by atomic mass is 9.83. The Morgan fingerprint density at radius 1 is 1.07 bits per heavy atom. The van der Waals surface area contributed by atoms with E-state index < -0.39 is 5.41 Å². The maximum Gasteiger partial charge on any atom is 0.134 e. The number of hydrogen-bond donors (Lipinski definition) is 2. The number of benzene rings is 3. The highest BCUT2D eigenvalue weighted by molar-refractivity contribution is 5.88. The van der Waals surface area contributed by atoms with Gasteiger partial charge in [0.05, 0.1) is 18.0 Å². The molecule has 0 fully saturated rings. The summed E-state index contributed by atoms with van der Waals surface area (Å²) in [4.78, 5) is 3.57. The standard InChI is InChI=1S/C23H22N4O/c1-23(2,14-24)21-9-16(13-26-27-15-25-3)8-20(11-21)18-4-5-19-12-22(28)7-6-17(19)10-18/h4-12,15,26,28H,3,13H2,1-2H3/b27-15-. The van der Waals surface area contributed by atoms with Crippen molar-refractivity contribution in [3.05, 3.63) is 65.7 Å². The normalized spacial score (nSPS) is 11.5. The van der Waals surface area contributed by atoms with Crippen molar-refractivity contribution in [1.82, 2.24) is 5.43 Å². The Hall–Kier alpha value is -3.65. The summed E-state index contributed by atoms with van der Waals surface area (Å²) in [6.07, 6.45) is 1.35. The molecule has 0 aliphatic carbocycles. The fourth-order valence-electron chi connectivity index (χ4n) is 3.02. The molecule has 3 aromatic rings. The molecule has 0 aliphatic rings. The van der Waals surface area contributed by atoms with Crippen LogP contribution in [-0.2, 0) is 12.0 Å². The van der Waals surface area contributed by atoms with Gasteiger partial charge in [0.1, 0.15) is 12.1 Å². The highest BCUT2D eigenvalue weighted by atomic mass is 16.3. The Labute approximate surface area is 164 Å². The first-order valence-electron chi connectivity index (χ1n) is 8.92. The first-order chi connectivity index (χ1) is 13.4. The van der Waals surface area contributed by atoms with E-state index in [2.05, 4.69) is 46.5 Å². The molecule has 5 heteroatoms. The quantitative estimate of drug-likeness (QED) is 0.373. The average molecular weight is 370 g/mol. The summed E-state index contributed by atoms with van der Waals surface area (Å²) < 4.78 is 0. The summed E-state index contributed by atoms with van der Waals surface area (Å²) in [7, 11) is 0. The molecule has 140 valence electrons. The van der Waals surface area contributed by atoms with E-state index in [0.29, 0.717) is 6.54 Å². The molecule has 28 heavy (non-hydrogen) atoms. The van der Waals surface area contributed by atoms with Crippen LogP contribution in [0.5, 0.6) is 5.75 Å². The van der Waals surface area contributed by atoms with Crippen LogP contribution in [0.3, 0.4) is 0 Å². The van der Waals surface area contributed by atoms with Gasteiger partial charge in [-0.3, -0.25) is 4.99 Å². The zero-order valence-corrected chi connectivity index (χ0v) is 16.0. The molecule has 5 nitrogen and oxygen atoms in total. The number of nitrogens with zero attached hydrogens (tertiary/aromatic N) is 3. The van der Waals surface area contributed by atoms with Gasteiger partial charge in [-0.15, -0.1) is 0 Å². The summed E-state index contributed by atoms with van der Waals surface area (Å²) in [5, 5.41) is 25.2. The molecule has 0 saturated heterocycles. The minimum Gasteiger partial charge on any atom is -0.508 e. The van der Waals surface area contributed by atoms with Crippen LogP contribution in [0.2, 0.25) is 0 Å². The SMILES string of the molecule is C=N/C=N\NCc1cc(-c2ccc3cc(O)ccc3c2)cc(C(C)(C)C#N)c1. The molecule has 0 spiro atoms. The molecular weight excluding hydrogens is 348 g/mol. The van der Waals surface area contributed by atoms with Gasteiger partial charge in [-0.05, 0) is 83.9 Å². The Morgan fingerprint density at radius 3 is 2.57 bits per heavy atom. The minimum atomic E-state index is -0.612. The molecule has 0 aliphatic heterocycles. The predicted octanol–water partition coefficient (Wildman–Crippen LogP) is 4.75. The van der Waals surface area contributed by atoms with Gasteiger partial charge in [0, 0.05) is 0 Å². The van der Waals surface area contributed by atoms with E-state index in [0.717, 1.165) is 33.0 Å². The number of aromatic hydroxyl groups is 1. The molecule has 3 aromatic carbocycles. The molecule has 2 N–H and O–H groups in total. The molecule has 0 amide bonds. The highest BCUT2D eigenvalue weighted by Crippen LogP contribution is 2.31. The van der Waals surface area contributed by atoms with Gasteiger partial charge in [-0.25, -0.2) is 0 Å². The third-order valence-corrected chi connectivity index (χ3v) is 4.67. The van der Waals surface area contributed by atoms with Crippen molar-refractivity contribution in [3.8, 4) is 22.9 Å². The van der Waals surface area contributed by atoms with Crippen molar-refractivity contribution in [2.24, 2.45) is 10.1 Å². The highest BCUT2D eigenvalue weighted by Gasteiger charge is 2.21. The molecule has 0 atom stereocenters. The lowest BCUT2D eigenvalue weighted by molar-refractivity contribution is 0.476. The predicted molar refractivity (Wildman–Crippen MR) is 115 cm³/mol. The number of nitriles is 1. The number of phenols is 1. The number of rotatable bonds is 6. The molecule has 3 rings (SSSR count). The van der Waals surface area contributed by atoms with E-state index in [1.807, 2.05) is 38.1 Å². The van der Waals surface area contributed by atoms with Crippen molar-refractivity contribution >= 4 is 23.8 Å². The van der Waals surface area contributed by atoms with Gasteiger partial charge in [0.15, 0.2) is 0 Å². The second kappa shape index (κ2) is 7.93. The second-order valence-corrected chi connectivity index (χ2v) is 7.16. The smallest absolute Gasteiger partial charge is 0.134 e. The molecule has 0 aromatic heterocycles. The van der Waals surface area contributed by atoms with Crippen LogP contribution in [0.25, 0.3) is 21.9 Å². The van der Waals surface area contributed by atoms with Crippen molar-refractivity contribution in [2.45, 2.75) is 25.8 Å². The first kappa shape index (κ1) is 19.1. The molecule has 0 heterocycles. The summed E-state index contributed by atoms with van der Waals surface area (Å²) >= 11 is 0. The van der Waals surface area contributed by atoms with Crippen molar-refractivity contribution in [1.29, 1.82) is 5.26 Å². The van der Waals surface area contributed by atoms with Crippen LogP contribution in [0.4, 0.5) is 0 Å². The van der Waals surface area contributed by atoms with Crippen LogP contribution in [0.1, 0.15) is 25.0 Å². The number of aliphatic imine (C=N–C) groups is 1.